The summed E-state index contributed by atoms with van der Waals surface area (Å²) < 4.78 is 3.75. The maximum absolute atomic E-state index is 12.3. The number of fused-ring (bicyclic) bond motifs is 1. The summed E-state index contributed by atoms with van der Waals surface area (Å²) in [7, 11) is 0. The summed E-state index contributed by atoms with van der Waals surface area (Å²) in [6.45, 7) is 5.97. The van der Waals surface area contributed by atoms with Gasteiger partial charge in [0.05, 0.1) is 5.69 Å². The molecule has 0 radical (unpaired) electrons. The molecule has 8 nitrogen and oxygen atoms in total. The molecule has 1 aromatic rings. The van der Waals surface area contributed by atoms with Gasteiger partial charge in [-0.25, -0.2) is 4.79 Å². The van der Waals surface area contributed by atoms with E-state index in [4.69, 9.17) is 0 Å². The minimum Gasteiger partial charge on any atom is -0.348 e. The number of hydrogen-bond acceptors (Lipinski definition) is 6. The summed E-state index contributed by atoms with van der Waals surface area (Å²) in [6, 6.07) is -0.917. The SMILES string of the molecule is C=CCN1C(=O)[C@@H]2C[C@@H](NC(=O)c3snnc3C)CCN2C1=O. The van der Waals surface area contributed by atoms with E-state index in [-0.39, 0.29) is 30.4 Å². The van der Waals surface area contributed by atoms with Gasteiger partial charge in [-0.15, -0.1) is 11.7 Å². The van der Waals surface area contributed by atoms with Crippen molar-refractivity contribution in [3.8, 4) is 0 Å². The van der Waals surface area contributed by atoms with Crippen LogP contribution in [-0.2, 0) is 4.79 Å². The third kappa shape index (κ3) is 2.72. The van der Waals surface area contributed by atoms with E-state index in [9.17, 15) is 14.4 Å². The van der Waals surface area contributed by atoms with Crippen molar-refractivity contribution in [1.29, 1.82) is 0 Å². The molecule has 122 valence electrons. The molecule has 0 saturated carbocycles. The predicted molar refractivity (Wildman–Crippen MR) is 82.9 cm³/mol. The Balaban J connectivity index is 1.67. The molecule has 1 aromatic heterocycles. The number of amides is 4. The second kappa shape index (κ2) is 6.07. The average Bonchev–Trinajstić information content (AvgIpc) is 3.05. The second-order valence-electron chi connectivity index (χ2n) is 5.61. The van der Waals surface area contributed by atoms with Crippen molar-refractivity contribution in [1.82, 2.24) is 24.7 Å². The van der Waals surface area contributed by atoms with E-state index in [1.54, 1.807) is 11.8 Å². The first-order chi connectivity index (χ1) is 11.0. The molecule has 3 heterocycles. The van der Waals surface area contributed by atoms with Crippen LogP contribution < -0.4 is 5.32 Å². The second-order valence-corrected chi connectivity index (χ2v) is 6.37. The van der Waals surface area contributed by atoms with Crippen LogP contribution in [0.15, 0.2) is 12.7 Å². The highest BCUT2D eigenvalue weighted by Crippen LogP contribution is 2.27. The number of nitrogens with one attached hydrogen (secondary N) is 1. The molecule has 2 aliphatic rings. The molecule has 4 amide bonds. The molecule has 1 N–H and O–H groups in total. The number of piperidine rings is 1. The lowest BCUT2D eigenvalue weighted by atomic mass is 9.98. The van der Waals surface area contributed by atoms with Crippen molar-refractivity contribution < 1.29 is 14.4 Å². The summed E-state index contributed by atoms with van der Waals surface area (Å²) in [4.78, 5) is 40.0. The Morgan fingerprint density at radius 3 is 2.96 bits per heavy atom. The molecule has 0 aliphatic carbocycles. The zero-order valence-corrected chi connectivity index (χ0v) is 13.5. The highest BCUT2D eigenvalue weighted by Gasteiger charge is 2.47. The molecule has 0 unspecified atom stereocenters. The first-order valence-electron chi connectivity index (χ1n) is 7.35. The maximum atomic E-state index is 12.3. The fourth-order valence-electron chi connectivity index (χ4n) is 2.98. The van der Waals surface area contributed by atoms with Gasteiger partial charge in [-0.2, -0.15) is 0 Å². The highest BCUT2D eigenvalue weighted by molar-refractivity contribution is 7.08. The number of aromatic nitrogens is 2. The van der Waals surface area contributed by atoms with Crippen LogP contribution in [0.1, 0.15) is 28.2 Å². The van der Waals surface area contributed by atoms with Gasteiger partial charge in [-0.05, 0) is 31.3 Å². The summed E-state index contributed by atoms with van der Waals surface area (Å²) in [5.74, 6) is -0.444. The van der Waals surface area contributed by atoms with Gasteiger partial charge in [0.25, 0.3) is 11.8 Å². The van der Waals surface area contributed by atoms with E-state index in [0.717, 1.165) is 11.5 Å². The van der Waals surface area contributed by atoms with Gasteiger partial charge in [-0.3, -0.25) is 14.5 Å². The molecule has 3 rings (SSSR count). The van der Waals surface area contributed by atoms with Gasteiger partial charge in [0.15, 0.2) is 0 Å². The molecule has 0 spiro atoms. The third-order valence-corrected chi connectivity index (χ3v) is 4.96. The number of nitrogens with zero attached hydrogens (tertiary/aromatic N) is 4. The normalized spacial score (nSPS) is 23.9. The predicted octanol–water partition coefficient (Wildman–Crippen LogP) is 0.558. The van der Waals surface area contributed by atoms with Crippen molar-refractivity contribution in [3.63, 3.8) is 0 Å². The Bertz CT molecular complexity index is 673. The van der Waals surface area contributed by atoms with E-state index >= 15 is 0 Å². The number of hydrogen-bond donors (Lipinski definition) is 1. The van der Waals surface area contributed by atoms with Crippen LogP contribution in [0.2, 0.25) is 0 Å². The molecule has 0 aromatic carbocycles. The standard InChI is InChI=1S/C14H17N5O3S/c1-3-5-19-13(21)10-7-9(4-6-18(10)14(19)22)15-12(20)11-8(2)16-17-23-11/h3,9-10H,1,4-7H2,2H3,(H,15,20)/t9-,10-/m0/s1. The number of rotatable bonds is 4. The summed E-state index contributed by atoms with van der Waals surface area (Å²) >= 11 is 1.05. The Morgan fingerprint density at radius 2 is 2.30 bits per heavy atom. The minimum absolute atomic E-state index is 0.148. The number of urea groups is 1. The Kier molecular flexibility index (Phi) is 4.12. The van der Waals surface area contributed by atoms with Gasteiger partial charge in [0, 0.05) is 19.1 Å². The number of carbonyl (C=O) groups excluding carboxylic acids is 3. The first kappa shape index (κ1) is 15.6. The largest absolute Gasteiger partial charge is 0.348 e. The monoisotopic (exact) mass is 335 g/mol. The lowest BCUT2D eigenvalue weighted by molar-refractivity contribution is -0.128. The molecule has 2 atom stereocenters. The molecule has 2 fully saturated rings. The number of imide groups is 1. The first-order valence-corrected chi connectivity index (χ1v) is 8.13. The molecule has 23 heavy (non-hydrogen) atoms. The molecular weight excluding hydrogens is 318 g/mol. The Labute approximate surface area is 137 Å². The van der Waals surface area contributed by atoms with Crippen LogP contribution in [0.4, 0.5) is 4.79 Å². The van der Waals surface area contributed by atoms with Crippen molar-refractivity contribution in [3.05, 3.63) is 23.2 Å². The lowest BCUT2D eigenvalue weighted by Gasteiger charge is -2.32. The van der Waals surface area contributed by atoms with Crippen molar-refractivity contribution in [2.75, 3.05) is 13.1 Å². The van der Waals surface area contributed by atoms with Crippen LogP contribution in [0.25, 0.3) is 0 Å². The zero-order chi connectivity index (χ0) is 16.6. The van der Waals surface area contributed by atoms with E-state index in [1.807, 2.05) is 0 Å². The molecular formula is C14H17N5O3S. The zero-order valence-electron chi connectivity index (χ0n) is 12.7. The quantitative estimate of drug-likeness (QED) is 0.641. The van der Waals surface area contributed by atoms with Gasteiger partial charge in [0.1, 0.15) is 10.9 Å². The Hall–Kier alpha value is -2.29. The van der Waals surface area contributed by atoms with Crippen LogP contribution in [0, 0.1) is 6.92 Å². The van der Waals surface area contributed by atoms with Crippen LogP contribution in [0.3, 0.4) is 0 Å². The van der Waals surface area contributed by atoms with Gasteiger partial charge < -0.3 is 10.2 Å². The third-order valence-electron chi connectivity index (χ3n) is 4.13. The van der Waals surface area contributed by atoms with Crippen LogP contribution in [0.5, 0.6) is 0 Å². The van der Waals surface area contributed by atoms with E-state index < -0.39 is 6.04 Å². The van der Waals surface area contributed by atoms with E-state index in [0.29, 0.717) is 30.0 Å². The maximum Gasteiger partial charge on any atom is 0.327 e. The smallest absolute Gasteiger partial charge is 0.327 e. The van der Waals surface area contributed by atoms with Crippen molar-refractivity contribution in [2.45, 2.75) is 31.8 Å². The fraction of sp³-hybridized carbons (Fsp3) is 0.500. The number of carbonyl (C=O) groups is 3. The molecule has 9 heteroatoms. The van der Waals surface area contributed by atoms with Crippen LogP contribution >= 0.6 is 11.5 Å². The number of aryl methyl sites for hydroxylation is 1. The van der Waals surface area contributed by atoms with Crippen molar-refractivity contribution in [2.24, 2.45) is 0 Å². The minimum atomic E-state index is -0.498. The highest BCUT2D eigenvalue weighted by atomic mass is 32.1. The molecule has 0 bridgehead atoms. The Morgan fingerprint density at radius 1 is 1.52 bits per heavy atom. The summed E-state index contributed by atoms with van der Waals surface area (Å²) in [5, 5.41) is 6.74. The summed E-state index contributed by atoms with van der Waals surface area (Å²) in [6.07, 6.45) is 2.58. The molecule has 2 saturated heterocycles. The van der Waals surface area contributed by atoms with Gasteiger partial charge in [0.2, 0.25) is 0 Å². The van der Waals surface area contributed by atoms with Crippen LogP contribution in [-0.4, -0.2) is 62.4 Å². The van der Waals surface area contributed by atoms with Gasteiger partial charge in [-0.1, -0.05) is 10.6 Å². The van der Waals surface area contributed by atoms with E-state index in [2.05, 4.69) is 21.5 Å². The van der Waals surface area contributed by atoms with E-state index in [1.165, 1.54) is 11.0 Å². The molecule has 2 aliphatic heterocycles. The van der Waals surface area contributed by atoms with Crippen molar-refractivity contribution >= 4 is 29.4 Å². The fourth-order valence-corrected chi connectivity index (χ4v) is 3.54. The summed E-state index contributed by atoms with van der Waals surface area (Å²) in [5.41, 5.74) is 0.592. The average molecular weight is 335 g/mol. The topological polar surface area (TPSA) is 95.5 Å². The van der Waals surface area contributed by atoms with Gasteiger partial charge >= 0.3 is 6.03 Å². The lowest BCUT2D eigenvalue weighted by Crippen LogP contribution is -2.49.